The lowest BCUT2D eigenvalue weighted by Crippen LogP contribution is -2.29. The molecule has 1 N–H and O–H groups in total. The Morgan fingerprint density at radius 2 is 1.70 bits per heavy atom. The quantitative estimate of drug-likeness (QED) is 0.213. The van der Waals surface area contributed by atoms with Crippen LogP contribution in [0.4, 0.5) is 0 Å². The van der Waals surface area contributed by atoms with Crippen LogP contribution in [0.2, 0.25) is 0 Å². The molecule has 1 saturated heterocycles. The van der Waals surface area contributed by atoms with Gasteiger partial charge < -0.3 is 29.0 Å². The van der Waals surface area contributed by atoms with Crippen LogP contribution in [0, 0.1) is 12.8 Å². The molecule has 1 aliphatic rings. The summed E-state index contributed by atoms with van der Waals surface area (Å²) < 4.78 is 22.4. The van der Waals surface area contributed by atoms with E-state index in [1.165, 1.54) is 26.2 Å². The van der Waals surface area contributed by atoms with Gasteiger partial charge in [0.2, 0.25) is 5.75 Å². The van der Waals surface area contributed by atoms with Gasteiger partial charge in [-0.1, -0.05) is 19.9 Å². The topological polar surface area (TPSA) is 107 Å². The minimum atomic E-state index is -0.939. The van der Waals surface area contributed by atoms with Gasteiger partial charge in [-0.3, -0.25) is 14.6 Å². The van der Waals surface area contributed by atoms with Gasteiger partial charge in [-0.2, -0.15) is 0 Å². The number of nitrogens with zero attached hydrogens (tertiary/aromatic N) is 2. The van der Waals surface area contributed by atoms with E-state index in [1.807, 2.05) is 13.0 Å². The average Bonchev–Trinajstić information content (AvgIpc) is 3.20. The molecule has 9 heteroatoms. The second-order valence-electron chi connectivity index (χ2n) is 9.93. The van der Waals surface area contributed by atoms with Crippen molar-refractivity contribution in [2.45, 2.75) is 33.4 Å². The van der Waals surface area contributed by atoms with Crippen molar-refractivity contribution in [1.29, 1.82) is 0 Å². The first-order valence-corrected chi connectivity index (χ1v) is 12.9. The molecule has 1 aliphatic heterocycles. The van der Waals surface area contributed by atoms with Gasteiger partial charge in [-0.25, -0.2) is 0 Å². The van der Waals surface area contributed by atoms with E-state index < -0.39 is 17.7 Å². The molecule has 0 radical (unpaired) electrons. The van der Waals surface area contributed by atoms with Crippen molar-refractivity contribution in [3.05, 3.63) is 82.7 Å². The number of likely N-dealkylation sites (tertiary alicyclic amines) is 1. The van der Waals surface area contributed by atoms with Gasteiger partial charge in [0.25, 0.3) is 11.7 Å². The third-order valence-electron chi connectivity index (χ3n) is 6.64. The van der Waals surface area contributed by atoms with Gasteiger partial charge >= 0.3 is 0 Å². The number of hydrogen-bond donors (Lipinski definition) is 1. The van der Waals surface area contributed by atoms with Crippen molar-refractivity contribution >= 4 is 17.4 Å². The maximum Gasteiger partial charge on any atom is 0.295 e. The number of hydrogen-bond acceptors (Lipinski definition) is 8. The number of Topliss-reactive ketones (excluding diaryl/α,β-unsaturated/α-hetero) is 1. The summed E-state index contributed by atoms with van der Waals surface area (Å²) in [6.45, 7) is 6.63. The van der Waals surface area contributed by atoms with E-state index in [0.29, 0.717) is 46.6 Å². The summed E-state index contributed by atoms with van der Waals surface area (Å²) in [7, 11) is 4.46. The summed E-state index contributed by atoms with van der Waals surface area (Å²) in [5, 5.41) is 11.6. The standard InChI is InChI=1S/C31H34N2O7/c1-18(2)17-40-23-10-9-21(12-19(23)3)28(34)26-27(22-13-24(37-4)30(39-6)25(14-22)38-5)33(31(36)29(26)35)16-20-8-7-11-32-15-20/h7-15,18,27,34H,16-17H2,1-6H3/b28-26+/t27-/m0/s1. The highest BCUT2D eigenvalue weighted by atomic mass is 16.5. The van der Waals surface area contributed by atoms with Crippen LogP contribution < -0.4 is 18.9 Å². The summed E-state index contributed by atoms with van der Waals surface area (Å²) in [6, 6.07) is 11.2. The molecule has 0 saturated carbocycles. The zero-order chi connectivity index (χ0) is 29.0. The minimum absolute atomic E-state index is 0.0431. The minimum Gasteiger partial charge on any atom is -0.507 e. The van der Waals surface area contributed by atoms with Crippen LogP contribution in [0.15, 0.2) is 60.4 Å². The van der Waals surface area contributed by atoms with Crippen LogP contribution in [-0.2, 0) is 16.1 Å². The fourth-order valence-corrected chi connectivity index (χ4v) is 4.71. The van der Waals surface area contributed by atoms with Crippen LogP contribution in [0.3, 0.4) is 0 Å². The predicted molar refractivity (Wildman–Crippen MR) is 150 cm³/mol. The Hall–Kier alpha value is -4.53. The lowest BCUT2D eigenvalue weighted by molar-refractivity contribution is -0.140. The molecule has 0 unspecified atom stereocenters. The number of carbonyl (C=O) groups is 2. The Balaban J connectivity index is 1.88. The number of ketones is 1. The van der Waals surface area contributed by atoms with Crippen molar-refractivity contribution in [2.24, 2.45) is 5.92 Å². The van der Waals surface area contributed by atoms with E-state index in [2.05, 4.69) is 18.8 Å². The summed E-state index contributed by atoms with van der Waals surface area (Å²) in [4.78, 5) is 32.5. The molecule has 2 aromatic carbocycles. The fourth-order valence-electron chi connectivity index (χ4n) is 4.71. The molecule has 0 bridgehead atoms. The molecule has 40 heavy (non-hydrogen) atoms. The Bertz CT molecular complexity index is 1410. The number of methoxy groups -OCH3 is 3. The molecule has 1 fully saturated rings. The number of amides is 1. The Morgan fingerprint density at radius 3 is 2.25 bits per heavy atom. The number of aromatic nitrogens is 1. The monoisotopic (exact) mass is 546 g/mol. The average molecular weight is 547 g/mol. The van der Waals surface area contributed by atoms with Crippen LogP contribution in [0.25, 0.3) is 5.76 Å². The number of aliphatic hydroxyl groups excluding tert-OH is 1. The maximum atomic E-state index is 13.5. The Morgan fingerprint density at radius 1 is 1.00 bits per heavy atom. The van der Waals surface area contributed by atoms with Gasteiger partial charge in [-0.15, -0.1) is 0 Å². The van der Waals surface area contributed by atoms with Crippen molar-refractivity contribution in [1.82, 2.24) is 9.88 Å². The molecule has 2 heterocycles. The lowest BCUT2D eigenvalue weighted by Gasteiger charge is -2.26. The van der Waals surface area contributed by atoms with Crippen molar-refractivity contribution in [2.75, 3.05) is 27.9 Å². The molecule has 1 atom stereocenters. The third kappa shape index (κ3) is 5.59. The first-order chi connectivity index (χ1) is 19.2. The van der Waals surface area contributed by atoms with Gasteiger partial charge in [-0.05, 0) is 65.9 Å². The third-order valence-corrected chi connectivity index (χ3v) is 6.64. The second kappa shape index (κ2) is 12.1. The largest absolute Gasteiger partial charge is 0.507 e. The van der Waals surface area contributed by atoms with Crippen LogP contribution in [-0.4, -0.2) is 54.6 Å². The number of benzene rings is 2. The summed E-state index contributed by atoms with van der Waals surface area (Å²) in [6.07, 6.45) is 3.26. The van der Waals surface area contributed by atoms with E-state index in [-0.39, 0.29) is 17.9 Å². The predicted octanol–water partition coefficient (Wildman–Crippen LogP) is 5.07. The maximum absolute atomic E-state index is 13.5. The van der Waals surface area contributed by atoms with Gasteiger partial charge in [0.1, 0.15) is 11.5 Å². The number of ether oxygens (including phenoxy) is 4. The summed E-state index contributed by atoms with van der Waals surface area (Å²) in [5.41, 5.74) is 2.38. The van der Waals surface area contributed by atoms with E-state index in [0.717, 1.165) is 11.1 Å². The Kier molecular flexibility index (Phi) is 8.62. The van der Waals surface area contributed by atoms with Crippen molar-refractivity contribution in [3.8, 4) is 23.0 Å². The summed E-state index contributed by atoms with van der Waals surface area (Å²) >= 11 is 0. The lowest BCUT2D eigenvalue weighted by atomic mass is 9.94. The van der Waals surface area contributed by atoms with Crippen LogP contribution in [0.5, 0.6) is 23.0 Å². The number of rotatable bonds is 10. The molecular weight excluding hydrogens is 512 g/mol. The molecule has 210 valence electrons. The van der Waals surface area contributed by atoms with Crippen molar-refractivity contribution in [3.63, 3.8) is 0 Å². The number of pyridine rings is 1. The summed E-state index contributed by atoms with van der Waals surface area (Å²) in [5.74, 6) is 0.286. The molecular formula is C31H34N2O7. The highest BCUT2D eigenvalue weighted by Crippen LogP contribution is 2.46. The van der Waals surface area contributed by atoms with Gasteiger partial charge in [0, 0.05) is 24.5 Å². The molecule has 4 rings (SSSR count). The van der Waals surface area contributed by atoms with Crippen LogP contribution >= 0.6 is 0 Å². The number of aryl methyl sites for hydroxylation is 1. The number of aliphatic hydroxyl groups is 1. The van der Waals surface area contributed by atoms with E-state index in [1.54, 1.807) is 48.8 Å². The second-order valence-corrected chi connectivity index (χ2v) is 9.93. The highest BCUT2D eigenvalue weighted by molar-refractivity contribution is 6.46. The SMILES string of the molecule is COc1cc([C@H]2/C(=C(\O)c3ccc(OCC(C)C)c(C)c3)C(=O)C(=O)N2Cc2cccnc2)cc(OC)c1OC. The van der Waals surface area contributed by atoms with Crippen LogP contribution in [0.1, 0.15) is 42.1 Å². The molecule has 3 aromatic rings. The van der Waals surface area contributed by atoms with E-state index in [4.69, 9.17) is 18.9 Å². The number of carbonyl (C=O) groups excluding carboxylic acids is 2. The van der Waals surface area contributed by atoms with Gasteiger partial charge in [0.05, 0.1) is 39.6 Å². The molecule has 1 amide bonds. The first kappa shape index (κ1) is 28.5. The van der Waals surface area contributed by atoms with Crippen molar-refractivity contribution < 1.29 is 33.6 Å². The zero-order valence-corrected chi connectivity index (χ0v) is 23.6. The fraction of sp³-hybridized carbons (Fsp3) is 0.323. The molecule has 0 spiro atoms. The highest BCUT2D eigenvalue weighted by Gasteiger charge is 2.46. The normalized spacial score (nSPS) is 16.4. The van der Waals surface area contributed by atoms with Gasteiger partial charge in [0.15, 0.2) is 11.5 Å². The first-order valence-electron chi connectivity index (χ1n) is 12.9. The molecule has 0 aliphatic carbocycles. The zero-order valence-electron chi connectivity index (χ0n) is 23.6. The molecule has 1 aromatic heterocycles. The molecule has 9 nitrogen and oxygen atoms in total. The Labute approximate surface area is 234 Å². The smallest absolute Gasteiger partial charge is 0.295 e. The van der Waals surface area contributed by atoms with E-state index >= 15 is 0 Å². The van der Waals surface area contributed by atoms with E-state index in [9.17, 15) is 14.7 Å².